The van der Waals surface area contributed by atoms with E-state index in [0.717, 1.165) is 32.2 Å². The normalized spacial score (nSPS) is 15.4. The molecule has 1 aliphatic heterocycles. The van der Waals surface area contributed by atoms with Gasteiger partial charge in [0.15, 0.2) is 11.5 Å². The molecule has 1 aromatic heterocycles. The van der Waals surface area contributed by atoms with Gasteiger partial charge < -0.3 is 29.2 Å². The third-order valence-electron chi connectivity index (χ3n) is 5.88. The van der Waals surface area contributed by atoms with Gasteiger partial charge in [-0.2, -0.15) is 4.98 Å². The lowest BCUT2D eigenvalue weighted by Gasteiger charge is -2.28. The average Bonchev–Trinajstić information content (AvgIpc) is 2.85. The number of hydrogen-bond acceptors (Lipinski definition) is 9. The molecule has 194 valence electrons. The van der Waals surface area contributed by atoms with Crippen molar-refractivity contribution >= 4 is 26.6 Å². The fourth-order valence-electron chi connectivity index (χ4n) is 4.33. The van der Waals surface area contributed by atoms with Crippen molar-refractivity contribution in [2.45, 2.75) is 25.0 Å². The van der Waals surface area contributed by atoms with Crippen LogP contribution in [0.2, 0.25) is 0 Å². The highest BCUT2D eigenvalue weighted by Crippen LogP contribution is 2.42. The first kappa shape index (κ1) is 25.7. The number of nitrogens with zero attached hydrogens (tertiary/aromatic N) is 1. The fraction of sp³-hybridized carbons (Fsp3) is 0.417. The molecule has 3 N–H and O–H groups in total. The molecule has 3 aromatic rings. The predicted molar refractivity (Wildman–Crippen MR) is 136 cm³/mol. The highest BCUT2D eigenvalue weighted by molar-refractivity contribution is 7.92. The van der Waals surface area contributed by atoms with Crippen molar-refractivity contribution in [3.05, 3.63) is 52.1 Å². The van der Waals surface area contributed by atoms with E-state index in [0.29, 0.717) is 22.5 Å². The number of piperidine rings is 1. The Kier molecular flexibility index (Phi) is 7.67. The highest BCUT2D eigenvalue weighted by Gasteiger charge is 2.27. The molecule has 11 nitrogen and oxygen atoms in total. The molecule has 1 unspecified atom stereocenters. The lowest BCUT2D eigenvalue weighted by atomic mass is 10.1. The minimum atomic E-state index is -3.48. The number of H-pyrrole nitrogens is 1. The summed E-state index contributed by atoms with van der Waals surface area (Å²) in [5, 5.41) is 3.52. The fourth-order valence-corrected chi connectivity index (χ4v) is 4.88. The van der Waals surface area contributed by atoms with Gasteiger partial charge in [-0.05, 0) is 43.6 Å². The van der Waals surface area contributed by atoms with Gasteiger partial charge in [-0.15, -0.1) is 0 Å². The summed E-state index contributed by atoms with van der Waals surface area (Å²) in [5.41, 5.74) is 0.923. The first-order valence-electron chi connectivity index (χ1n) is 11.4. The van der Waals surface area contributed by atoms with E-state index in [-0.39, 0.29) is 28.8 Å². The van der Waals surface area contributed by atoms with Crippen molar-refractivity contribution < 1.29 is 27.4 Å². The Hall–Kier alpha value is -3.35. The second-order valence-corrected chi connectivity index (χ2v) is 10.2. The van der Waals surface area contributed by atoms with Crippen LogP contribution in [-0.4, -0.2) is 65.2 Å². The molecular weight excluding hydrogens is 488 g/mol. The van der Waals surface area contributed by atoms with Gasteiger partial charge in [-0.25, -0.2) is 8.42 Å². The number of benzene rings is 2. The Bertz CT molecular complexity index is 1400. The Labute approximate surface area is 209 Å². The average molecular weight is 519 g/mol. The standard InChI is InChI=1S/C24H30N4O7S/c1-32-18-13-17-19(22(34-3)21(18)33-2)24(29)27-23(26-17)20(35-16-8-10-25-11-9-16)14-6-5-7-15(12-14)28-36(4,30)31/h5-7,12-13,16,20,25,28H,8-11H2,1-4H3,(H,26,27,29). The zero-order chi connectivity index (χ0) is 25.9. The minimum absolute atomic E-state index is 0.0799. The monoisotopic (exact) mass is 518 g/mol. The van der Waals surface area contributed by atoms with Gasteiger partial charge in [0.2, 0.25) is 15.8 Å². The maximum atomic E-state index is 13.3. The van der Waals surface area contributed by atoms with Crippen LogP contribution in [0.4, 0.5) is 5.69 Å². The topological polar surface area (TPSA) is 141 Å². The summed E-state index contributed by atoms with van der Waals surface area (Å²) in [6, 6.07) is 8.49. The van der Waals surface area contributed by atoms with Gasteiger partial charge in [0.1, 0.15) is 17.3 Å². The number of fused-ring (bicyclic) bond motifs is 1. The van der Waals surface area contributed by atoms with Gasteiger partial charge in [0.05, 0.1) is 39.2 Å². The number of ether oxygens (including phenoxy) is 4. The van der Waals surface area contributed by atoms with Gasteiger partial charge in [0, 0.05) is 11.8 Å². The molecule has 1 atom stereocenters. The molecule has 2 aromatic carbocycles. The Morgan fingerprint density at radius 2 is 1.78 bits per heavy atom. The molecule has 36 heavy (non-hydrogen) atoms. The second kappa shape index (κ2) is 10.7. The van der Waals surface area contributed by atoms with Crippen LogP contribution in [-0.2, 0) is 14.8 Å². The molecule has 0 aliphatic carbocycles. The van der Waals surface area contributed by atoms with E-state index < -0.39 is 21.7 Å². The van der Waals surface area contributed by atoms with E-state index in [2.05, 4.69) is 20.0 Å². The lowest BCUT2D eigenvalue weighted by molar-refractivity contribution is -0.0119. The van der Waals surface area contributed by atoms with E-state index in [1.165, 1.54) is 21.3 Å². The van der Waals surface area contributed by atoms with E-state index in [1.54, 1.807) is 30.3 Å². The van der Waals surface area contributed by atoms with Crippen LogP contribution in [0.25, 0.3) is 10.9 Å². The molecule has 1 aliphatic rings. The van der Waals surface area contributed by atoms with Crippen molar-refractivity contribution in [2.75, 3.05) is 45.4 Å². The summed E-state index contributed by atoms with van der Waals surface area (Å²) >= 11 is 0. The first-order valence-corrected chi connectivity index (χ1v) is 13.3. The number of rotatable bonds is 9. The van der Waals surface area contributed by atoms with E-state index in [9.17, 15) is 13.2 Å². The van der Waals surface area contributed by atoms with Crippen LogP contribution in [0, 0.1) is 0 Å². The lowest BCUT2D eigenvalue weighted by Crippen LogP contribution is -2.34. The number of nitrogens with one attached hydrogen (secondary N) is 3. The number of aromatic amines is 1. The molecule has 0 amide bonds. The van der Waals surface area contributed by atoms with Crippen molar-refractivity contribution in [1.29, 1.82) is 0 Å². The zero-order valence-electron chi connectivity index (χ0n) is 20.6. The molecule has 0 saturated carbocycles. The molecule has 0 spiro atoms. The van der Waals surface area contributed by atoms with E-state index >= 15 is 0 Å². The summed E-state index contributed by atoms with van der Waals surface area (Å²) in [6.07, 6.45) is 1.82. The Morgan fingerprint density at radius 3 is 2.42 bits per heavy atom. The smallest absolute Gasteiger partial charge is 0.284 e. The molecule has 2 heterocycles. The van der Waals surface area contributed by atoms with Gasteiger partial charge in [-0.1, -0.05) is 12.1 Å². The van der Waals surface area contributed by atoms with Crippen LogP contribution < -0.4 is 29.8 Å². The zero-order valence-corrected chi connectivity index (χ0v) is 21.4. The third-order valence-corrected chi connectivity index (χ3v) is 6.49. The number of sulfonamides is 1. The second-order valence-electron chi connectivity index (χ2n) is 8.46. The van der Waals surface area contributed by atoms with Gasteiger partial charge in [-0.3, -0.25) is 9.52 Å². The minimum Gasteiger partial charge on any atom is -0.493 e. The Balaban J connectivity index is 1.87. The summed E-state index contributed by atoms with van der Waals surface area (Å²) in [5.74, 6) is 1.15. The highest BCUT2D eigenvalue weighted by atomic mass is 32.2. The maximum absolute atomic E-state index is 13.3. The first-order chi connectivity index (χ1) is 17.2. The van der Waals surface area contributed by atoms with Crippen molar-refractivity contribution in [3.8, 4) is 17.2 Å². The largest absolute Gasteiger partial charge is 0.493 e. The van der Waals surface area contributed by atoms with Crippen LogP contribution in [0.3, 0.4) is 0 Å². The molecular formula is C24H30N4O7S. The van der Waals surface area contributed by atoms with Crippen LogP contribution >= 0.6 is 0 Å². The molecule has 4 rings (SSSR count). The number of anilines is 1. The molecule has 1 saturated heterocycles. The van der Waals surface area contributed by atoms with E-state index in [4.69, 9.17) is 18.9 Å². The SMILES string of the molecule is COc1cc2[nH]c(C(OC3CCNCC3)c3cccc(NS(C)(=O)=O)c3)nc(=O)c2c(OC)c1OC. The number of methoxy groups -OCH3 is 3. The molecule has 0 radical (unpaired) electrons. The van der Waals surface area contributed by atoms with Gasteiger partial charge >= 0.3 is 0 Å². The number of hydrogen-bond donors (Lipinski definition) is 3. The summed E-state index contributed by atoms with van der Waals surface area (Å²) in [6.45, 7) is 1.62. The quantitative estimate of drug-likeness (QED) is 0.389. The molecule has 0 bridgehead atoms. The van der Waals surface area contributed by atoms with Crippen LogP contribution in [0.5, 0.6) is 17.2 Å². The number of aromatic nitrogens is 2. The van der Waals surface area contributed by atoms with Crippen LogP contribution in [0.15, 0.2) is 35.1 Å². The third kappa shape index (κ3) is 5.55. The van der Waals surface area contributed by atoms with Crippen LogP contribution in [0.1, 0.15) is 30.3 Å². The maximum Gasteiger partial charge on any atom is 0.284 e. The predicted octanol–water partition coefficient (Wildman–Crippen LogP) is 2.18. The molecule has 1 fully saturated rings. The Morgan fingerprint density at radius 1 is 1.06 bits per heavy atom. The molecule has 12 heteroatoms. The van der Waals surface area contributed by atoms with Crippen molar-refractivity contribution in [3.63, 3.8) is 0 Å². The van der Waals surface area contributed by atoms with Crippen molar-refractivity contribution in [2.24, 2.45) is 0 Å². The summed E-state index contributed by atoms with van der Waals surface area (Å²) < 4.78 is 48.9. The summed E-state index contributed by atoms with van der Waals surface area (Å²) in [7, 11) is 0.910. The van der Waals surface area contributed by atoms with Crippen molar-refractivity contribution in [1.82, 2.24) is 15.3 Å². The van der Waals surface area contributed by atoms with E-state index in [1.807, 2.05) is 0 Å². The summed E-state index contributed by atoms with van der Waals surface area (Å²) in [4.78, 5) is 20.8. The van der Waals surface area contributed by atoms with Gasteiger partial charge in [0.25, 0.3) is 5.56 Å².